The average Bonchev–Trinajstić information content (AvgIpc) is 3.10. The van der Waals surface area contributed by atoms with E-state index in [0.29, 0.717) is 21.9 Å². The van der Waals surface area contributed by atoms with Crippen molar-refractivity contribution in [3.8, 4) is 16.4 Å². The maximum Gasteiger partial charge on any atom is 0.267 e. The van der Waals surface area contributed by atoms with Crippen LogP contribution in [0.2, 0.25) is 0 Å². The van der Waals surface area contributed by atoms with Crippen LogP contribution in [0.3, 0.4) is 0 Å². The molecule has 2 aromatic carbocycles. The third kappa shape index (κ3) is 2.99. The zero-order valence-electron chi connectivity index (χ0n) is 14.7. The molecule has 0 N–H and O–H groups in total. The van der Waals surface area contributed by atoms with Crippen LogP contribution in [-0.2, 0) is 0 Å². The monoisotopic (exact) mass is 455 g/mol. The summed E-state index contributed by atoms with van der Waals surface area (Å²) in [5, 5.41) is 2.96. The molecule has 28 heavy (non-hydrogen) atoms. The Hall–Kier alpha value is -2.38. The molecule has 0 unspecified atom stereocenters. The summed E-state index contributed by atoms with van der Waals surface area (Å²) in [4.78, 5) is 22.6. The topological polar surface area (TPSA) is 47.8 Å². The van der Waals surface area contributed by atoms with Crippen molar-refractivity contribution in [3.05, 3.63) is 74.3 Å². The van der Waals surface area contributed by atoms with Crippen molar-refractivity contribution >= 4 is 38.2 Å². The van der Waals surface area contributed by atoms with Gasteiger partial charge >= 0.3 is 0 Å². The zero-order valence-corrected chi connectivity index (χ0v) is 17.1. The third-order valence-electron chi connectivity index (χ3n) is 5.15. The molecule has 0 atom stereocenters. The SMILES string of the molecule is O=c1c2ccc(F)cc2nc(C2CCC2)n1-c1nc(-c2ccc(Br)cc2)cs1. The summed E-state index contributed by atoms with van der Waals surface area (Å²) in [6.45, 7) is 0. The molecular weight excluding hydrogens is 441 g/mol. The summed E-state index contributed by atoms with van der Waals surface area (Å²) in [5.41, 5.74) is 2.02. The highest BCUT2D eigenvalue weighted by Gasteiger charge is 2.27. The van der Waals surface area contributed by atoms with E-state index in [0.717, 1.165) is 35.0 Å². The molecule has 5 rings (SSSR count). The van der Waals surface area contributed by atoms with Crippen LogP contribution in [0.25, 0.3) is 27.3 Å². The highest BCUT2D eigenvalue weighted by atomic mass is 79.9. The van der Waals surface area contributed by atoms with Gasteiger partial charge in [0.1, 0.15) is 11.6 Å². The minimum atomic E-state index is -0.386. The predicted molar refractivity (Wildman–Crippen MR) is 113 cm³/mol. The van der Waals surface area contributed by atoms with E-state index in [2.05, 4.69) is 20.9 Å². The molecule has 2 heterocycles. The zero-order chi connectivity index (χ0) is 19.3. The summed E-state index contributed by atoms with van der Waals surface area (Å²) < 4.78 is 16.3. The van der Waals surface area contributed by atoms with Crippen molar-refractivity contribution in [1.29, 1.82) is 0 Å². The average molecular weight is 456 g/mol. The van der Waals surface area contributed by atoms with E-state index >= 15 is 0 Å². The molecule has 0 radical (unpaired) electrons. The first-order chi connectivity index (χ1) is 13.6. The fourth-order valence-electron chi connectivity index (χ4n) is 3.42. The van der Waals surface area contributed by atoms with Crippen LogP contribution in [0.15, 0.2) is 57.1 Å². The maximum absolute atomic E-state index is 13.7. The number of nitrogens with zero attached hydrogens (tertiary/aromatic N) is 3. The smallest absolute Gasteiger partial charge is 0.267 e. The summed E-state index contributed by atoms with van der Waals surface area (Å²) in [7, 11) is 0. The molecule has 0 spiro atoms. The number of hydrogen-bond acceptors (Lipinski definition) is 4. The van der Waals surface area contributed by atoms with Crippen molar-refractivity contribution in [3.63, 3.8) is 0 Å². The normalized spacial score (nSPS) is 14.4. The van der Waals surface area contributed by atoms with Crippen LogP contribution in [0.4, 0.5) is 4.39 Å². The molecular formula is C21H15BrFN3OS. The number of halogens is 2. The van der Waals surface area contributed by atoms with E-state index in [1.54, 1.807) is 4.57 Å². The van der Waals surface area contributed by atoms with Crippen LogP contribution in [0.1, 0.15) is 31.0 Å². The molecule has 4 nitrogen and oxygen atoms in total. The number of aromatic nitrogens is 3. The molecule has 140 valence electrons. The second-order valence-corrected chi connectivity index (χ2v) is 8.67. The Kier molecular flexibility index (Phi) is 4.36. The predicted octanol–water partition coefficient (Wildman–Crippen LogP) is 5.68. The molecule has 0 aliphatic heterocycles. The highest BCUT2D eigenvalue weighted by molar-refractivity contribution is 9.10. The minimum Gasteiger partial charge on any atom is -0.268 e. The lowest BCUT2D eigenvalue weighted by Crippen LogP contribution is -2.27. The summed E-state index contributed by atoms with van der Waals surface area (Å²) in [6.07, 6.45) is 3.08. The van der Waals surface area contributed by atoms with Crippen molar-refractivity contribution in [2.45, 2.75) is 25.2 Å². The van der Waals surface area contributed by atoms with Crippen LogP contribution >= 0.6 is 27.3 Å². The van der Waals surface area contributed by atoms with Gasteiger partial charge < -0.3 is 0 Å². The second kappa shape index (κ2) is 6.90. The molecule has 2 aromatic heterocycles. The first kappa shape index (κ1) is 17.7. The van der Waals surface area contributed by atoms with Gasteiger partial charge in [-0.1, -0.05) is 34.5 Å². The fourth-order valence-corrected chi connectivity index (χ4v) is 4.52. The molecule has 0 amide bonds. The summed E-state index contributed by atoms with van der Waals surface area (Å²) in [6, 6.07) is 12.0. The van der Waals surface area contributed by atoms with Gasteiger partial charge in [0.2, 0.25) is 0 Å². The van der Waals surface area contributed by atoms with Gasteiger partial charge in [-0.05, 0) is 37.1 Å². The first-order valence-corrected chi connectivity index (χ1v) is 10.7. The Balaban J connectivity index is 1.69. The Labute approximate surface area is 172 Å². The molecule has 1 saturated carbocycles. The standard InChI is InChI=1S/C21H15BrFN3OS/c22-14-6-4-12(5-7-14)18-11-28-21(25-18)26-19(13-2-1-3-13)24-17-10-15(23)8-9-16(17)20(26)27/h4-11,13H,1-3H2. The fraction of sp³-hybridized carbons (Fsp3) is 0.190. The van der Waals surface area contributed by atoms with Gasteiger partial charge in [-0.3, -0.25) is 4.79 Å². The number of thiazole rings is 1. The van der Waals surface area contributed by atoms with Gasteiger partial charge in [-0.2, -0.15) is 0 Å². The van der Waals surface area contributed by atoms with E-state index in [1.165, 1.54) is 29.5 Å². The molecule has 4 aromatic rings. The molecule has 1 aliphatic carbocycles. The van der Waals surface area contributed by atoms with E-state index in [1.807, 2.05) is 29.6 Å². The maximum atomic E-state index is 13.7. The van der Waals surface area contributed by atoms with E-state index in [4.69, 9.17) is 4.98 Å². The lowest BCUT2D eigenvalue weighted by molar-refractivity contribution is 0.394. The first-order valence-electron chi connectivity index (χ1n) is 9.04. The van der Waals surface area contributed by atoms with Gasteiger partial charge in [0.05, 0.1) is 16.6 Å². The highest BCUT2D eigenvalue weighted by Crippen LogP contribution is 2.37. The number of rotatable bonds is 3. The molecule has 0 saturated heterocycles. The molecule has 1 aliphatic rings. The lowest BCUT2D eigenvalue weighted by Gasteiger charge is -2.26. The second-order valence-electron chi connectivity index (χ2n) is 6.92. The van der Waals surface area contributed by atoms with Crippen molar-refractivity contribution in [2.75, 3.05) is 0 Å². The number of benzene rings is 2. The minimum absolute atomic E-state index is 0.191. The summed E-state index contributed by atoms with van der Waals surface area (Å²) >= 11 is 4.86. The Morgan fingerprint density at radius 3 is 2.61 bits per heavy atom. The van der Waals surface area contributed by atoms with Gasteiger partial charge in [-0.15, -0.1) is 11.3 Å². The van der Waals surface area contributed by atoms with Gasteiger partial charge in [-0.25, -0.2) is 18.9 Å². The van der Waals surface area contributed by atoms with Crippen LogP contribution in [0, 0.1) is 5.82 Å². The number of fused-ring (bicyclic) bond motifs is 1. The van der Waals surface area contributed by atoms with Crippen molar-refractivity contribution in [1.82, 2.24) is 14.5 Å². The van der Waals surface area contributed by atoms with Crippen LogP contribution < -0.4 is 5.56 Å². The van der Waals surface area contributed by atoms with E-state index in [-0.39, 0.29) is 17.3 Å². The molecule has 7 heteroatoms. The lowest BCUT2D eigenvalue weighted by atomic mass is 9.84. The largest absolute Gasteiger partial charge is 0.268 e. The Morgan fingerprint density at radius 1 is 1.11 bits per heavy atom. The van der Waals surface area contributed by atoms with Crippen LogP contribution in [0.5, 0.6) is 0 Å². The van der Waals surface area contributed by atoms with E-state index in [9.17, 15) is 9.18 Å². The van der Waals surface area contributed by atoms with Gasteiger partial charge in [0.15, 0.2) is 5.13 Å². The van der Waals surface area contributed by atoms with Crippen LogP contribution in [-0.4, -0.2) is 14.5 Å². The quantitative estimate of drug-likeness (QED) is 0.399. The molecule has 1 fully saturated rings. The van der Waals surface area contributed by atoms with Gasteiger partial charge in [0.25, 0.3) is 5.56 Å². The van der Waals surface area contributed by atoms with Crippen molar-refractivity contribution in [2.24, 2.45) is 0 Å². The number of hydrogen-bond donors (Lipinski definition) is 0. The van der Waals surface area contributed by atoms with Gasteiger partial charge in [0, 0.05) is 27.4 Å². The van der Waals surface area contributed by atoms with E-state index < -0.39 is 0 Å². The Morgan fingerprint density at radius 2 is 1.89 bits per heavy atom. The summed E-state index contributed by atoms with van der Waals surface area (Å²) in [5.74, 6) is 0.509. The third-order valence-corrected chi connectivity index (χ3v) is 6.51. The molecule has 0 bridgehead atoms. The van der Waals surface area contributed by atoms with Crippen molar-refractivity contribution < 1.29 is 4.39 Å². The Bertz CT molecular complexity index is 1240.